The second-order valence-corrected chi connectivity index (χ2v) is 8.04. The Balaban J connectivity index is 1.44. The van der Waals surface area contributed by atoms with Crippen LogP contribution in [0.1, 0.15) is 34.5 Å². The molecule has 2 N–H and O–H groups in total. The van der Waals surface area contributed by atoms with Gasteiger partial charge in [-0.3, -0.25) is 9.78 Å². The van der Waals surface area contributed by atoms with Crippen LogP contribution in [-0.2, 0) is 0 Å². The van der Waals surface area contributed by atoms with Crippen LogP contribution in [0, 0.1) is 6.92 Å². The molecule has 2 aromatic heterocycles. The van der Waals surface area contributed by atoms with E-state index in [1.54, 1.807) is 19.5 Å². The lowest BCUT2D eigenvalue weighted by Crippen LogP contribution is -2.14. The first-order valence-electron chi connectivity index (χ1n) is 11.1. The van der Waals surface area contributed by atoms with Crippen molar-refractivity contribution < 1.29 is 9.53 Å². The summed E-state index contributed by atoms with van der Waals surface area (Å²) < 4.78 is 5.61. The molecule has 0 saturated heterocycles. The predicted molar refractivity (Wildman–Crippen MR) is 134 cm³/mol. The number of anilines is 2. The van der Waals surface area contributed by atoms with Gasteiger partial charge in [-0.1, -0.05) is 31.2 Å². The molecule has 0 spiro atoms. The monoisotopic (exact) mass is 453 g/mol. The Labute approximate surface area is 199 Å². The summed E-state index contributed by atoms with van der Waals surface area (Å²) in [6.45, 7) is 4.68. The van der Waals surface area contributed by atoms with E-state index in [-0.39, 0.29) is 11.8 Å². The van der Waals surface area contributed by atoms with E-state index >= 15 is 0 Å². The predicted octanol–water partition coefficient (Wildman–Crippen LogP) is 5.32. The van der Waals surface area contributed by atoms with E-state index in [0.717, 1.165) is 34.0 Å². The van der Waals surface area contributed by atoms with Crippen LogP contribution in [-0.4, -0.2) is 34.5 Å². The third-order valence-corrected chi connectivity index (χ3v) is 5.52. The normalized spacial score (nSPS) is 11.5. The van der Waals surface area contributed by atoms with Crippen LogP contribution in [0.5, 0.6) is 5.75 Å². The fraction of sp³-hybridized carbons (Fsp3) is 0.185. The van der Waals surface area contributed by atoms with Gasteiger partial charge in [-0.25, -0.2) is 9.97 Å². The first kappa shape index (κ1) is 22.9. The lowest BCUT2D eigenvalue weighted by molar-refractivity contribution is 0.102. The number of benzene rings is 2. The van der Waals surface area contributed by atoms with Crippen LogP contribution >= 0.6 is 0 Å². The molecule has 0 aliphatic rings. The molecule has 0 aliphatic carbocycles. The highest BCUT2D eigenvalue weighted by Crippen LogP contribution is 2.29. The lowest BCUT2D eigenvalue weighted by Gasteiger charge is -2.18. The van der Waals surface area contributed by atoms with Crippen LogP contribution < -0.4 is 15.4 Å². The fourth-order valence-corrected chi connectivity index (χ4v) is 3.58. The summed E-state index contributed by atoms with van der Waals surface area (Å²) in [6, 6.07) is 20.8. The first-order chi connectivity index (χ1) is 16.5. The van der Waals surface area contributed by atoms with Gasteiger partial charge in [0.15, 0.2) is 0 Å². The molecular weight excluding hydrogens is 426 g/mol. The number of ether oxygens (including phenoxy) is 1. The minimum atomic E-state index is -0.180. The van der Waals surface area contributed by atoms with Gasteiger partial charge >= 0.3 is 0 Å². The SMILES string of the molecule is COc1cc(C(=O)Nc2ccccc2)ccc1C(C)CNc1cc(-c2ccc(C)nc2)ncn1. The Bertz CT molecular complexity index is 1260. The Hall–Kier alpha value is -4.26. The molecule has 34 heavy (non-hydrogen) atoms. The maximum Gasteiger partial charge on any atom is 0.255 e. The van der Waals surface area contributed by atoms with Crippen molar-refractivity contribution >= 4 is 17.4 Å². The van der Waals surface area contributed by atoms with Crippen molar-refractivity contribution in [1.82, 2.24) is 15.0 Å². The van der Waals surface area contributed by atoms with E-state index in [9.17, 15) is 4.79 Å². The molecule has 1 atom stereocenters. The average molecular weight is 454 g/mol. The van der Waals surface area contributed by atoms with Crippen molar-refractivity contribution in [1.29, 1.82) is 0 Å². The van der Waals surface area contributed by atoms with E-state index in [1.807, 2.05) is 73.8 Å². The number of methoxy groups -OCH3 is 1. The van der Waals surface area contributed by atoms with Gasteiger partial charge in [0.2, 0.25) is 0 Å². The van der Waals surface area contributed by atoms with Crippen LogP contribution in [0.25, 0.3) is 11.3 Å². The van der Waals surface area contributed by atoms with E-state index in [2.05, 4.69) is 32.5 Å². The number of para-hydroxylation sites is 1. The summed E-state index contributed by atoms with van der Waals surface area (Å²) in [5, 5.41) is 6.28. The number of aromatic nitrogens is 3. The number of hydrogen-bond acceptors (Lipinski definition) is 6. The highest BCUT2D eigenvalue weighted by Gasteiger charge is 2.15. The first-order valence-corrected chi connectivity index (χ1v) is 11.1. The minimum absolute atomic E-state index is 0.112. The molecule has 4 aromatic rings. The highest BCUT2D eigenvalue weighted by molar-refractivity contribution is 6.04. The van der Waals surface area contributed by atoms with Crippen molar-refractivity contribution in [3.63, 3.8) is 0 Å². The number of nitrogens with zero attached hydrogens (tertiary/aromatic N) is 3. The molecular formula is C27H27N5O2. The number of hydrogen-bond donors (Lipinski definition) is 2. The van der Waals surface area contributed by atoms with E-state index in [0.29, 0.717) is 17.9 Å². The molecule has 7 nitrogen and oxygen atoms in total. The molecule has 1 unspecified atom stereocenters. The van der Waals surface area contributed by atoms with Gasteiger partial charge in [0, 0.05) is 47.2 Å². The number of aryl methyl sites for hydroxylation is 1. The van der Waals surface area contributed by atoms with Gasteiger partial charge in [-0.05, 0) is 48.9 Å². The van der Waals surface area contributed by atoms with Gasteiger partial charge < -0.3 is 15.4 Å². The van der Waals surface area contributed by atoms with Crippen molar-refractivity contribution in [2.45, 2.75) is 19.8 Å². The molecule has 0 fully saturated rings. The van der Waals surface area contributed by atoms with Gasteiger partial charge in [0.1, 0.15) is 17.9 Å². The number of rotatable bonds is 8. The number of nitrogens with one attached hydrogen (secondary N) is 2. The summed E-state index contributed by atoms with van der Waals surface area (Å²) in [5.41, 5.74) is 5.00. The third kappa shape index (κ3) is 5.56. The molecule has 2 aromatic carbocycles. The van der Waals surface area contributed by atoms with E-state index in [1.165, 1.54) is 0 Å². The Morgan fingerprint density at radius 3 is 2.56 bits per heavy atom. The Morgan fingerprint density at radius 2 is 1.82 bits per heavy atom. The lowest BCUT2D eigenvalue weighted by atomic mass is 9.98. The van der Waals surface area contributed by atoms with Crippen LogP contribution in [0.4, 0.5) is 11.5 Å². The van der Waals surface area contributed by atoms with Crippen molar-refractivity contribution in [2.75, 3.05) is 24.3 Å². The topological polar surface area (TPSA) is 89.0 Å². The van der Waals surface area contributed by atoms with Crippen molar-refractivity contribution in [2.24, 2.45) is 0 Å². The largest absolute Gasteiger partial charge is 0.496 e. The van der Waals surface area contributed by atoms with Crippen LogP contribution in [0.3, 0.4) is 0 Å². The Morgan fingerprint density at radius 1 is 1.00 bits per heavy atom. The van der Waals surface area contributed by atoms with E-state index < -0.39 is 0 Å². The molecule has 172 valence electrons. The summed E-state index contributed by atoms with van der Waals surface area (Å²) >= 11 is 0. The molecule has 4 rings (SSSR count). The highest BCUT2D eigenvalue weighted by atomic mass is 16.5. The number of carbonyl (C=O) groups is 1. The summed E-state index contributed by atoms with van der Waals surface area (Å²) in [7, 11) is 1.62. The second-order valence-electron chi connectivity index (χ2n) is 8.04. The molecule has 1 amide bonds. The van der Waals surface area contributed by atoms with Gasteiger partial charge in [-0.2, -0.15) is 0 Å². The summed E-state index contributed by atoms with van der Waals surface area (Å²) in [6.07, 6.45) is 3.35. The zero-order valence-electron chi connectivity index (χ0n) is 19.4. The maximum absolute atomic E-state index is 12.6. The molecule has 2 heterocycles. The standard InChI is InChI=1S/C27H27N5O2/c1-18(15-29-26-14-24(30-17-31-26)21-10-9-19(2)28-16-21)23-12-11-20(13-25(23)34-3)27(33)32-22-7-5-4-6-8-22/h4-14,16-18H,15H2,1-3H3,(H,32,33)(H,29,30,31). The number of carbonyl (C=O) groups excluding carboxylic acids is 1. The molecule has 0 bridgehead atoms. The molecule has 0 radical (unpaired) electrons. The zero-order chi connectivity index (χ0) is 23.9. The van der Waals surface area contributed by atoms with Gasteiger partial charge in [-0.15, -0.1) is 0 Å². The second kappa shape index (κ2) is 10.6. The third-order valence-electron chi connectivity index (χ3n) is 5.52. The van der Waals surface area contributed by atoms with Crippen LogP contribution in [0.2, 0.25) is 0 Å². The molecule has 0 aliphatic heterocycles. The van der Waals surface area contributed by atoms with Crippen LogP contribution in [0.15, 0.2) is 79.3 Å². The summed E-state index contributed by atoms with van der Waals surface area (Å²) in [5.74, 6) is 1.33. The van der Waals surface area contributed by atoms with Crippen molar-refractivity contribution in [3.8, 4) is 17.0 Å². The minimum Gasteiger partial charge on any atom is -0.496 e. The van der Waals surface area contributed by atoms with Gasteiger partial charge in [0.05, 0.1) is 12.8 Å². The molecule has 0 saturated carbocycles. The smallest absolute Gasteiger partial charge is 0.255 e. The quantitative estimate of drug-likeness (QED) is 0.375. The number of amides is 1. The average Bonchev–Trinajstić information content (AvgIpc) is 2.88. The Kier molecular flexibility index (Phi) is 7.13. The summed E-state index contributed by atoms with van der Waals surface area (Å²) in [4.78, 5) is 25.7. The van der Waals surface area contributed by atoms with Crippen molar-refractivity contribution in [3.05, 3.63) is 96.1 Å². The van der Waals surface area contributed by atoms with E-state index in [4.69, 9.17) is 4.74 Å². The number of pyridine rings is 1. The zero-order valence-corrected chi connectivity index (χ0v) is 19.4. The fourth-order valence-electron chi connectivity index (χ4n) is 3.58. The van der Waals surface area contributed by atoms with Gasteiger partial charge in [0.25, 0.3) is 5.91 Å². The maximum atomic E-state index is 12.6. The molecule has 7 heteroatoms.